The van der Waals surface area contributed by atoms with Crippen LogP contribution in [0.2, 0.25) is 5.02 Å². The Morgan fingerprint density at radius 1 is 1.10 bits per heavy atom. The molecule has 5 heteroatoms. The number of halogens is 1. The molecule has 4 nitrogen and oxygen atoms in total. The van der Waals surface area contributed by atoms with Crippen molar-refractivity contribution in [2.75, 3.05) is 26.7 Å². The largest absolute Gasteiger partial charge is 0.495 e. The van der Waals surface area contributed by atoms with Crippen LogP contribution in [0, 0.1) is 0 Å². The van der Waals surface area contributed by atoms with Crippen molar-refractivity contribution in [3.63, 3.8) is 0 Å². The SMILES string of the molecule is COc1ccc2cc(C(=O)CCN3CCC(O)(Cc4ccccc4)CC3)ccc2c1Cl. The zero-order valence-electron chi connectivity index (χ0n) is 17.8. The molecule has 1 saturated heterocycles. The molecule has 0 bridgehead atoms. The van der Waals surface area contributed by atoms with Crippen LogP contribution < -0.4 is 4.74 Å². The van der Waals surface area contributed by atoms with E-state index in [1.165, 1.54) is 5.56 Å². The molecule has 4 rings (SSSR count). The Balaban J connectivity index is 1.32. The van der Waals surface area contributed by atoms with E-state index in [2.05, 4.69) is 17.0 Å². The van der Waals surface area contributed by atoms with E-state index in [1.807, 2.05) is 48.5 Å². The third-order valence-electron chi connectivity index (χ3n) is 6.28. The fraction of sp³-hybridized carbons (Fsp3) is 0.346. The molecule has 0 radical (unpaired) electrons. The Labute approximate surface area is 188 Å². The molecule has 162 valence electrons. The van der Waals surface area contributed by atoms with Crippen LogP contribution in [0.5, 0.6) is 5.75 Å². The first-order valence-electron chi connectivity index (χ1n) is 10.8. The van der Waals surface area contributed by atoms with Crippen molar-refractivity contribution in [1.29, 1.82) is 0 Å². The molecular formula is C26H28ClNO3. The van der Waals surface area contributed by atoms with E-state index in [1.54, 1.807) is 7.11 Å². The molecule has 0 amide bonds. The number of carbonyl (C=O) groups excluding carboxylic acids is 1. The smallest absolute Gasteiger partial charge is 0.164 e. The summed E-state index contributed by atoms with van der Waals surface area (Å²) in [4.78, 5) is 15.1. The van der Waals surface area contributed by atoms with E-state index in [-0.39, 0.29) is 5.78 Å². The number of fused-ring (bicyclic) bond motifs is 1. The number of nitrogens with zero attached hydrogens (tertiary/aromatic N) is 1. The van der Waals surface area contributed by atoms with Gasteiger partial charge in [-0.3, -0.25) is 4.79 Å². The molecule has 0 aliphatic carbocycles. The molecule has 1 aliphatic heterocycles. The molecule has 0 saturated carbocycles. The third kappa shape index (κ3) is 5.09. The average Bonchev–Trinajstić information content (AvgIpc) is 2.79. The minimum Gasteiger partial charge on any atom is -0.495 e. The topological polar surface area (TPSA) is 49.8 Å². The molecule has 1 N–H and O–H groups in total. The van der Waals surface area contributed by atoms with E-state index in [0.717, 1.165) is 36.7 Å². The van der Waals surface area contributed by atoms with E-state index in [4.69, 9.17) is 16.3 Å². The standard InChI is InChI=1S/C26H28ClNO3/c1-31-24-10-8-20-17-21(7-9-22(20)25(24)27)23(29)11-14-28-15-12-26(30,13-16-28)18-19-5-3-2-4-6-19/h2-10,17,30H,11-16,18H2,1H3. The molecule has 31 heavy (non-hydrogen) atoms. The summed E-state index contributed by atoms with van der Waals surface area (Å²) in [7, 11) is 1.59. The second kappa shape index (κ2) is 9.39. The lowest BCUT2D eigenvalue weighted by atomic mass is 9.85. The number of rotatable bonds is 7. The van der Waals surface area contributed by atoms with Crippen molar-refractivity contribution < 1.29 is 14.6 Å². The normalized spacial score (nSPS) is 16.4. The summed E-state index contributed by atoms with van der Waals surface area (Å²) >= 11 is 6.37. The predicted molar refractivity (Wildman–Crippen MR) is 125 cm³/mol. The summed E-state index contributed by atoms with van der Waals surface area (Å²) in [5, 5.41) is 13.3. The van der Waals surface area contributed by atoms with Crippen LogP contribution in [-0.2, 0) is 6.42 Å². The van der Waals surface area contributed by atoms with Gasteiger partial charge in [0.2, 0.25) is 0 Å². The fourth-order valence-corrected chi connectivity index (χ4v) is 4.66. The summed E-state index contributed by atoms with van der Waals surface area (Å²) in [6.07, 6.45) is 2.61. The first-order chi connectivity index (χ1) is 15.0. The van der Waals surface area contributed by atoms with Gasteiger partial charge >= 0.3 is 0 Å². The van der Waals surface area contributed by atoms with Crippen LogP contribution >= 0.6 is 11.6 Å². The lowest BCUT2D eigenvalue weighted by molar-refractivity contribution is -0.0203. The van der Waals surface area contributed by atoms with Crippen molar-refractivity contribution in [3.8, 4) is 5.75 Å². The number of piperidine rings is 1. The number of Topliss-reactive ketones (excluding diaryl/α,β-unsaturated/α-hetero) is 1. The van der Waals surface area contributed by atoms with E-state index in [0.29, 0.717) is 35.7 Å². The Morgan fingerprint density at radius 3 is 2.55 bits per heavy atom. The molecule has 0 aromatic heterocycles. The molecule has 0 atom stereocenters. The van der Waals surface area contributed by atoms with Crippen LogP contribution in [-0.4, -0.2) is 48.1 Å². The highest BCUT2D eigenvalue weighted by molar-refractivity contribution is 6.37. The molecule has 1 heterocycles. The summed E-state index contributed by atoms with van der Waals surface area (Å²) in [5.41, 5.74) is 1.22. The zero-order chi connectivity index (χ0) is 21.8. The quantitative estimate of drug-likeness (QED) is 0.519. The van der Waals surface area contributed by atoms with Crippen LogP contribution in [0.1, 0.15) is 35.2 Å². The second-order valence-corrected chi connectivity index (χ2v) is 8.80. The maximum atomic E-state index is 12.8. The number of methoxy groups -OCH3 is 1. The molecule has 3 aromatic rings. The Bertz CT molecular complexity index is 1060. The monoisotopic (exact) mass is 437 g/mol. The van der Waals surface area contributed by atoms with Crippen LogP contribution in [0.3, 0.4) is 0 Å². The van der Waals surface area contributed by atoms with Crippen molar-refractivity contribution in [3.05, 3.63) is 76.8 Å². The Hall–Kier alpha value is -2.40. The predicted octanol–water partition coefficient (Wildman–Crippen LogP) is 5.14. The fourth-order valence-electron chi connectivity index (χ4n) is 4.35. The number of likely N-dealkylation sites (tertiary alicyclic amines) is 1. The van der Waals surface area contributed by atoms with E-state index >= 15 is 0 Å². The van der Waals surface area contributed by atoms with Gasteiger partial charge in [0.25, 0.3) is 0 Å². The highest BCUT2D eigenvalue weighted by Gasteiger charge is 2.32. The molecule has 1 fully saturated rings. The number of hydrogen-bond acceptors (Lipinski definition) is 4. The van der Waals surface area contributed by atoms with E-state index in [9.17, 15) is 9.90 Å². The van der Waals surface area contributed by atoms with Gasteiger partial charge in [-0.1, -0.05) is 60.1 Å². The maximum absolute atomic E-state index is 12.8. The van der Waals surface area contributed by atoms with Gasteiger partial charge in [0.15, 0.2) is 5.78 Å². The molecule has 1 aliphatic rings. The molecule has 0 unspecified atom stereocenters. The third-order valence-corrected chi connectivity index (χ3v) is 6.67. The Morgan fingerprint density at radius 2 is 1.84 bits per heavy atom. The summed E-state index contributed by atoms with van der Waals surface area (Å²) in [6.45, 7) is 2.33. The van der Waals surface area contributed by atoms with Crippen molar-refractivity contribution in [1.82, 2.24) is 4.90 Å². The summed E-state index contributed by atoms with van der Waals surface area (Å²) in [6, 6.07) is 19.5. The molecule has 0 spiro atoms. The number of carbonyl (C=O) groups is 1. The van der Waals surface area contributed by atoms with Gasteiger partial charge in [-0.2, -0.15) is 0 Å². The minimum absolute atomic E-state index is 0.124. The van der Waals surface area contributed by atoms with Crippen molar-refractivity contribution >= 4 is 28.2 Å². The molecular weight excluding hydrogens is 410 g/mol. The lowest BCUT2D eigenvalue weighted by Crippen LogP contribution is -2.46. The lowest BCUT2D eigenvalue weighted by Gasteiger charge is -2.38. The van der Waals surface area contributed by atoms with Gasteiger partial charge in [0.05, 0.1) is 17.7 Å². The highest BCUT2D eigenvalue weighted by atomic mass is 35.5. The van der Waals surface area contributed by atoms with Crippen molar-refractivity contribution in [2.45, 2.75) is 31.3 Å². The first-order valence-corrected chi connectivity index (χ1v) is 11.1. The summed E-state index contributed by atoms with van der Waals surface area (Å²) < 4.78 is 5.26. The second-order valence-electron chi connectivity index (χ2n) is 8.42. The van der Waals surface area contributed by atoms with Gasteiger partial charge in [0.1, 0.15) is 5.75 Å². The maximum Gasteiger partial charge on any atom is 0.164 e. The van der Waals surface area contributed by atoms with Crippen LogP contribution in [0.25, 0.3) is 10.8 Å². The number of aliphatic hydroxyl groups is 1. The number of benzene rings is 3. The van der Waals surface area contributed by atoms with Gasteiger partial charge < -0.3 is 14.7 Å². The minimum atomic E-state index is -0.652. The van der Waals surface area contributed by atoms with Gasteiger partial charge in [-0.25, -0.2) is 0 Å². The average molecular weight is 438 g/mol. The molecule has 3 aromatic carbocycles. The number of ether oxygens (including phenoxy) is 1. The van der Waals surface area contributed by atoms with Crippen LogP contribution in [0.15, 0.2) is 60.7 Å². The first kappa shape index (κ1) is 21.8. The number of hydrogen-bond donors (Lipinski definition) is 1. The van der Waals surface area contributed by atoms with Crippen LogP contribution in [0.4, 0.5) is 0 Å². The van der Waals surface area contributed by atoms with Gasteiger partial charge in [0, 0.05) is 43.4 Å². The Kier molecular flexibility index (Phi) is 6.61. The van der Waals surface area contributed by atoms with E-state index < -0.39 is 5.60 Å². The number of ketones is 1. The van der Waals surface area contributed by atoms with Crippen molar-refractivity contribution in [2.24, 2.45) is 0 Å². The highest BCUT2D eigenvalue weighted by Crippen LogP contribution is 2.33. The van der Waals surface area contributed by atoms with Gasteiger partial charge in [-0.15, -0.1) is 0 Å². The zero-order valence-corrected chi connectivity index (χ0v) is 18.6. The van der Waals surface area contributed by atoms with Gasteiger partial charge in [-0.05, 0) is 35.9 Å². The summed E-state index contributed by atoms with van der Waals surface area (Å²) in [5.74, 6) is 0.754.